The van der Waals surface area contributed by atoms with Crippen molar-refractivity contribution in [2.45, 2.75) is 32.2 Å². The molecule has 132 valence electrons. The summed E-state index contributed by atoms with van der Waals surface area (Å²) in [7, 11) is 0. The summed E-state index contributed by atoms with van der Waals surface area (Å²) in [6.07, 6.45) is 2.74. The van der Waals surface area contributed by atoms with Crippen molar-refractivity contribution in [3.05, 3.63) is 35.4 Å². The fourth-order valence-electron chi connectivity index (χ4n) is 3.35. The molecule has 24 heavy (non-hydrogen) atoms. The molecular weight excluding hydrogens is 326 g/mol. The SMILES string of the molecule is Cc1ccc(C(=O)N2CCCC(C(=O)NC3CCNC3)C2)cc1.Cl. The molecule has 2 amide bonds. The van der Waals surface area contributed by atoms with Crippen molar-refractivity contribution in [1.29, 1.82) is 0 Å². The van der Waals surface area contributed by atoms with Crippen LogP contribution in [0, 0.1) is 12.8 Å². The number of nitrogens with zero attached hydrogens (tertiary/aromatic N) is 1. The molecular formula is C18H26ClN3O2. The molecule has 0 saturated carbocycles. The van der Waals surface area contributed by atoms with Gasteiger partial charge in [-0.05, 0) is 44.9 Å². The van der Waals surface area contributed by atoms with Gasteiger partial charge in [-0.25, -0.2) is 0 Å². The van der Waals surface area contributed by atoms with E-state index in [1.165, 1.54) is 0 Å². The van der Waals surface area contributed by atoms with E-state index in [-0.39, 0.29) is 36.2 Å². The maximum Gasteiger partial charge on any atom is 0.253 e. The molecule has 2 saturated heterocycles. The van der Waals surface area contributed by atoms with Gasteiger partial charge in [0, 0.05) is 31.2 Å². The topological polar surface area (TPSA) is 61.4 Å². The third-order valence-corrected chi connectivity index (χ3v) is 4.78. The van der Waals surface area contributed by atoms with Crippen molar-refractivity contribution in [3.63, 3.8) is 0 Å². The van der Waals surface area contributed by atoms with Crippen molar-refractivity contribution in [1.82, 2.24) is 15.5 Å². The molecule has 2 aliphatic rings. The smallest absolute Gasteiger partial charge is 0.253 e. The maximum absolute atomic E-state index is 12.6. The predicted molar refractivity (Wildman–Crippen MR) is 96.5 cm³/mol. The van der Waals surface area contributed by atoms with E-state index in [9.17, 15) is 9.59 Å². The predicted octanol–water partition coefficient (Wildman–Crippen LogP) is 1.75. The van der Waals surface area contributed by atoms with Crippen molar-refractivity contribution < 1.29 is 9.59 Å². The van der Waals surface area contributed by atoms with Crippen LogP contribution in [0.15, 0.2) is 24.3 Å². The van der Waals surface area contributed by atoms with Crippen LogP contribution in [0.25, 0.3) is 0 Å². The number of nitrogens with one attached hydrogen (secondary N) is 2. The second kappa shape index (κ2) is 8.49. The molecule has 0 radical (unpaired) electrons. The Balaban J connectivity index is 0.00000208. The van der Waals surface area contributed by atoms with E-state index in [0.717, 1.165) is 44.5 Å². The number of likely N-dealkylation sites (tertiary alicyclic amines) is 1. The molecule has 0 spiro atoms. The minimum Gasteiger partial charge on any atom is -0.352 e. The Morgan fingerprint density at radius 1 is 1.21 bits per heavy atom. The highest BCUT2D eigenvalue weighted by Crippen LogP contribution is 2.19. The molecule has 6 heteroatoms. The molecule has 2 atom stereocenters. The average Bonchev–Trinajstić information content (AvgIpc) is 3.08. The van der Waals surface area contributed by atoms with Gasteiger partial charge in [0.1, 0.15) is 0 Å². The van der Waals surface area contributed by atoms with Crippen LogP contribution in [0.5, 0.6) is 0 Å². The van der Waals surface area contributed by atoms with Gasteiger partial charge in [-0.15, -0.1) is 12.4 Å². The lowest BCUT2D eigenvalue weighted by Gasteiger charge is -2.32. The number of hydrogen-bond acceptors (Lipinski definition) is 3. The Bertz CT molecular complexity index is 570. The molecule has 0 aliphatic carbocycles. The monoisotopic (exact) mass is 351 g/mol. The highest BCUT2D eigenvalue weighted by atomic mass is 35.5. The van der Waals surface area contributed by atoms with Crippen molar-refractivity contribution >= 4 is 24.2 Å². The molecule has 5 nitrogen and oxygen atoms in total. The molecule has 0 aromatic heterocycles. The first-order valence-corrected chi connectivity index (χ1v) is 8.50. The second-order valence-corrected chi connectivity index (χ2v) is 6.65. The van der Waals surface area contributed by atoms with Gasteiger partial charge in [-0.2, -0.15) is 0 Å². The summed E-state index contributed by atoms with van der Waals surface area (Å²) in [4.78, 5) is 26.9. The Labute approximate surface area is 149 Å². The number of halogens is 1. The molecule has 3 rings (SSSR count). The molecule has 2 N–H and O–H groups in total. The lowest BCUT2D eigenvalue weighted by Crippen LogP contribution is -2.48. The number of aryl methyl sites for hydroxylation is 1. The van der Waals surface area contributed by atoms with Gasteiger partial charge in [0.2, 0.25) is 5.91 Å². The van der Waals surface area contributed by atoms with Gasteiger partial charge >= 0.3 is 0 Å². The van der Waals surface area contributed by atoms with E-state index >= 15 is 0 Å². The number of amides is 2. The van der Waals surface area contributed by atoms with E-state index in [4.69, 9.17) is 0 Å². The van der Waals surface area contributed by atoms with Crippen LogP contribution in [0.1, 0.15) is 35.2 Å². The first kappa shape index (κ1) is 18.7. The van der Waals surface area contributed by atoms with E-state index in [1.54, 1.807) is 0 Å². The van der Waals surface area contributed by atoms with Crippen LogP contribution in [0.3, 0.4) is 0 Å². The van der Waals surface area contributed by atoms with Gasteiger partial charge in [-0.3, -0.25) is 9.59 Å². The van der Waals surface area contributed by atoms with E-state index in [2.05, 4.69) is 10.6 Å². The van der Waals surface area contributed by atoms with Gasteiger partial charge in [-0.1, -0.05) is 17.7 Å². The molecule has 0 bridgehead atoms. The summed E-state index contributed by atoms with van der Waals surface area (Å²) < 4.78 is 0. The van der Waals surface area contributed by atoms with Gasteiger partial charge in [0.15, 0.2) is 0 Å². The van der Waals surface area contributed by atoms with Crippen molar-refractivity contribution in [2.75, 3.05) is 26.2 Å². The summed E-state index contributed by atoms with van der Waals surface area (Å²) in [5.41, 5.74) is 1.85. The standard InChI is InChI=1S/C18H25N3O2.ClH/c1-13-4-6-14(7-5-13)18(23)21-10-2-3-15(12-21)17(22)20-16-8-9-19-11-16;/h4-7,15-16,19H,2-3,8-12H2,1H3,(H,20,22);1H. The van der Waals surface area contributed by atoms with Crippen LogP contribution in [-0.2, 0) is 4.79 Å². The summed E-state index contributed by atoms with van der Waals surface area (Å²) >= 11 is 0. The Morgan fingerprint density at radius 3 is 2.62 bits per heavy atom. The second-order valence-electron chi connectivity index (χ2n) is 6.65. The molecule has 1 aromatic carbocycles. The Morgan fingerprint density at radius 2 is 1.96 bits per heavy atom. The van der Waals surface area contributed by atoms with Gasteiger partial charge < -0.3 is 15.5 Å². The fraction of sp³-hybridized carbons (Fsp3) is 0.556. The number of rotatable bonds is 3. The quantitative estimate of drug-likeness (QED) is 0.872. The first-order valence-electron chi connectivity index (χ1n) is 8.50. The third-order valence-electron chi connectivity index (χ3n) is 4.78. The molecule has 2 fully saturated rings. The van der Waals surface area contributed by atoms with Crippen molar-refractivity contribution in [3.8, 4) is 0 Å². The highest BCUT2D eigenvalue weighted by molar-refractivity contribution is 5.94. The summed E-state index contributed by atoms with van der Waals surface area (Å²) in [6.45, 7) is 5.09. The van der Waals surface area contributed by atoms with Crippen LogP contribution < -0.4 is 10.6 Å². The van der Waals surface area contributed by atoms with E-state index in [1.807, 2.05) is 36.1 Å². The molecule has 2 aliphatic heterocycles. The normalized spacial score (nSPS) is 23.5. The number of piperidine rings is 1. The molecule has 2 heterocycles. The van der Waals surface area contributed by atoms with Gasteiger partial charge in [0.25, 0.3) is 5.91 Å². The molecule has 1 aromatic rings. The number of benzene rings is 1. The van der Waals surface area contributed by atoms with E-state index < -0.39 is 0 Å². The van der Waals surface area contributed by atoms with E-state index in [0.29, 0.717) is 12.1 Å². The minimum atomic E-state index is -0.0845. The van der Waals surface area contributed by atoms with Crippen LogP contribution in [0.2, 0.25) is 0 Å². The number of carbonyl (C=O) groups is 2. The minimum absolute atomic E-state index is 0. The Kier molecular flexibility index (Phi) is 6.63. The Hall–Kier alpha value is -1.59. The van der Waals surface area contributed by atoms with Gasteiger partial charge in [0.05, 0.1) is 5.92 Å². The lowest BCUT2D eigenvalue weighted by atomic mass is 9.96. The largest absolute Gasteiger partial charge is 0.352 e. The van der Waals surface area contributed by atoms with Crippen LogP contribution in [0.4, 0.5) is 0 Å². The fourth-order valence-corrected chi connectivity index (χ4v) is 3.35. The zero-order valence-corrected chi connectivity index (χ0v) is 14.9. The van der Waals surface area contributed by atoms with Crippen LogP contribution >= 0.6 is 12.4 Å². The summed E-state index contributed by atoms with van der Waals surface area (Å²) in [5, 5.41) is 6.37. The average molecular weight is 352 g/mol. The summed E-state index contributed by atoms with van der Waals surface area (Å²) in [5.74, 6) is 0.0453. The highest BCUT2D eigenvalue weighted by Gasteiger charge is 2.30. The number of hydrogen-bond donors (Lipinski definition) is 2. The zero-order chi connectivity index (χ0) is 16.2. The summed E-state index contributed by atoms with van der Waals surface area (Å²) in [6, 6.07) is 7.88. The third kappa shape index (κ3) is 4.48. The molecule has 2 unspecified atom stereocenters. The maximum atomic E-state index is 12.6. The first-order chi connectivity index (χ1) is 11.1. The lowest BCUT2D eigenvalue weighted by molar-refractivity contribution is -0.126. The van der Waals surface area contributed by atoms with Crippen molar-refractivity contribution in [2.24, 2.45) is 5.92 Å². The van der Waals surface area contributed by atoms with Crippen LogP contribution in [-0.4, -0.2) is 48.9 Å². The number of carbonyl (C=O) groups excluding carboxylic acids is 2. The zero-order valence-electron chi connectivity index (χ0n) is 14.1.